The highest BCUT2D eigenvalue weighted by Crippen LogP contribution is 2.45. The molecular weight excluding hydrogens is 572 g/mol. The van der Waals surface area contributed by atoms with Gasteiger partial charge >= 0.3 is 12.4 Å². The van der Waals surface area contributed by atoms with Gasteiger partial charge in [-0.15, -0.1) is 0 Å². The summed E-state index contributed by atoms with van der Waals surface area (Å²) in [5, 5.41) is 2.86. The van der Waals surface area contributed by atoms with Crippen LogP contribution in [0.4, 0.5) is 26.3 Å². The lowest BCUT2D eigenvalue weighted by atomic mass is 9.90. The normalized spacial score (nSPS) is 38.2. The van der Waals surface area contributed by atoms with Gasteiger partial charge in [-0.2, -0.15) is 26.3 Å². The minimum absolute atomic E-state index is 0.185. The molecule has 3 aliphatic rings. The molecule has 8 atom stereocenters. The Balaban J connectivity index is 1.62. The SMILES string of the molecule is C[C@@H]1CCCCC[C@](OCc2ccccc2)(C(F)(F)F)C2NNC(O2)C2NC(O1)C(C(F)(F)F)CC2Br. The van der Waals surface area contributed by atoms with Crippen LogP contribution in [0.15, 0.2) is 30.3 Å². The molecule has 3 N–H and O–H groups in total. The van der Waals surface area contributed by atoms with Crippen LogP contribution >= 0.6 is 15.9 Å². The molecule has 0 amide bonds. The number of hydrogen-bond acceptors (Lipinski definition) is 6. The Morgan fingerprint density at radius 2 is 1.73 bits per heavy atom. The van der Waals surface area contributed by atoms with Crippen molar-refractivity contribution in [3.63, 3.8) is 0 Å². The lowest BCUT2D eigenvalue weighted by Crippen LogP contribution is -2.64. The van der Waals surface area contributed by atoms with Crippen LogP contribution in [0.25, 0.3) is 0 Å². The average molecular weight is 604 g/mol. The lowest BCUT2D eigenvalue weighted by molar-refractivity contribution is -0.321. The van der Waals surface area contributed by atoms with Crippen molar-refractivity contribution in [3.8, 4) is 0 Å². The van der Waals surface area contributed by atoms with E-state index in [1.54, 1.807) is 37.3 Å². The topological polar surface area (TPSA) is 63.8 Å². The van der Waals surface area contributed by atoms with Gasteiger partial charge in [0.05, 0.1) is 24.7 Å². The van der Waals surface area contributed by atoms with Gasteiger partial charge < -0.3 is 14.2 Å². The van der Waals surface area contributed by atoms with Crippen molar-refractivity contribution in [2.75, 3.05) is 0 Å². The van der Waals surface area contributed by atoms with Crippen LogP contribution in [-0.4, -0.2) is 53.6 Å². The minimum atomic E-state index is -4.79. The fourth-order valence-electron chi connectivity index (χ4n) is 5.16. The van der Waals surface area contributed by atoms with Crippen LogP contribution in [0.5, 0.6) is 0 Å². The highest BCUT2D eigenvalue weighted by atomic mass is 79.9. The van der Waals surface area contributed by atoms with Crippen molar-refractivity contribution in [3.05, 3.63) is 35.9 Å². The van der Waals surface area contributed by atoms with Crippen molar-refractivity contribution in [2.45, 2.75) is 106 Å². The van der Waals surface area contributed by atoms with Gasteiger partial charge in [-0.05, 0) is 31.7 Å². The Bertz CT molecular complexity index is 880. The minimum Gasteiger partial charge on any atom is -0.360 e. The van der Waals surface area contributed by atoms with Gasteiger partial charge in [0, 0.05) is 4.83 Å². The Labute approximate surface area is 220 Å². The molecule has 0 aromatic heterocycles. The predicted octanol–water partition coefficient (Wildman–Crippen LogP) is 5.28. The van der Waals surface area contributed by atoms with Gasteiger partial charge in [0.25, 0.3) is 0 Å². The van der Waals surface area contributed by atoms with E-state index in [1.807, 2.05) is 0 Å². The summed E-state index contributed by atoms with van der Waals surface area (Å²) in [4.78, 5) is -0.745. The summed E-state index contributed by atoms with van der Waals surface area (Å²) in [6.45, 7) is 1.40. The molecule has 0 saturated carbocycles. The molecule has 3 fully saturated rings. The monoisotopic (exact) mass is 603 g/mol. The first-order chi connectivity index (χ1) is 17.4. The van der Waals surface area contributed by atoms with E-state index in [4.69, 9.17) is 14.2 Å². The fraction of sp³-hybridized carbons (Fsp3) is 0.750. The zero-order chi connectivity index (χ0) is 26.8. The summed E-state index contributed by atoms with van der Waals surface area (Å²) in [6.07, 6.45) is -13.0. The Kier molecular flexibility index (Phi) is 9.14. The largest absolute Gasteiger partial charge is 0.421 e. The third-order valence-corrected chi connectivity index (χ3v) is 8.20. The Hall–Kier alpha value is -0.960. The fourth-order valence-corrected chi connectivity index (χ4v) is 6.00. The number of hydrogen-bond donors (Lipinski definition) is 3. The molecule has 3 heterocycles. The van der Waals surface area contributed by atoms with Crippen LogP contribution < -0.4 is 16.2 Å². The second kappa shape index (κ2) is 11.6. The van der Waals surface area contributed by atoms with Crippen molar-refractivity contribution < 1.29 is 40.6 Å². The first-order valence-electron chi connectivity index (χ1n) is 12.4. The molecule has 0 spiro atoms. The van der Waals surface area contributed by atoms with Crippen LogP contribution in [0.3, 0.4) is 0 Å². The zero-order valence-corrected chi connectivity index (χ0v) is 21.8. The number of ether oxygens (including phenoxy) is 3. The molecule has 6 nitrogen and oxygen atoms in total. The molecule has 210 valence electrons. The molecule has 1 aromatic rings. The maximum absolute atomic E-state index is 14.8. The standard InChI is InChI=1S/C24H32BrF6N3O3/c1-14-8-4-3-7-11-22(24(29,30)31,35-13-15-9-5-2-6-10-15)21-34-33-20(37-21)18-17(25)12-16(23(26,27)28)19(32-18)36-14/h2,5-6,9-10,14,16-21,32-34H,3-4,7-8,11-13H2,1H3/t14-,16?,17?,18?,19?,20?,21?,22-/m1/s1. The van der Waals surface area contributed by atoms with E-state index >= 15 is 0 Å². The summed E-state index contributed by atoms with van der Waals surface area (Å²) in [5.74, 6) is -1.78. The van der Waals surface area contributed by atoms with E-state index in [2.05, 4.69) is 32.1 Å². The van der Waals surface area contributed by atoms with Crippen molar-refractivity contribution >= 4 is 15.9 Å². The van der Waals surface area contributed by atoms with Crippen LogP contribution in [0, 0.1) is 5.92 Å². The number of halogens is 7. The molecule has 0 radical (unpaired) electrons. The molecule has 37 heavy (non-hydrogen) atoms. The first-order valence-corrected chi connectivity index (χ1v) is 13.4. The zero-order valence-electron chi connectivity index (χ0n) is 20.2. The molecule has 4 rings (SSSR count). The molecule has 13 heteroatoms. The number of rotatable bonds is 3. The van der Waals surface area contributed by atoms with Gasteiger partial charge in [-0.25, -0.2) is 10.9 Å². The molecule has 6 unspecified atom stereocenters. The number of alkyl halides is 7. The maximum atomic E-state index is 14.8. The summed E-state index contributed by atoms with van der Waals surface area (Å²) >= 11 is 3.30. The summed E-state index contributed by atoms with van der Waals surface area (Å²) in [6, 6.07) is 7.74. The summed E-state index contributed by atoms with van der Waals surface area (Å²) in [5.41, 5.74) is 3.21. The van der Waals surface area contributed by atoms with Gasteiger partial charge in [-0.3, -0.25) is 5.32 Å². The number of piperidine rings is 1. The summed E-state index contributed by atoms with van der Waals surface area (Å²) < 4.78 is 103. The molecule has 3 aliphatic heterocycles. The van der Waals surface area contributed by atoms with E-state index in [-0.39, 0.29) is 25.9 Å². The van der Waals surface area contributed by atoms with Crippen LogP contribution in [0.2, 0.25) is 0 Å². The molecule has 0 aliphatic carbocycles. The molecule has 4 bridgehead atoms. The average Bonchev–Trinajstić information content (AvgIpc) is 3.30. The maximum Gasteiger partial charge on any atom is 0.421 e. The van der Waals surface area contributed by atoms with Gasteiger partial charge in [0.1, 0.15) is 12.5 Å². The highest BCUT2D eigenvalue weighted by molar-refractivity contribution is 9.09. The van der Waals surface area contributed by atoms with Crippen molar-refractivity contribution in [1.29, 1.82) is 0 Å². The van der Waals surface area contributed by atoms with E-state index in [0.29, 0.717) is 24.8 Å². The van der Waals surface area contributed by atoms with Gasteiger partial charge in [0.15, 0.2) is 6.23 Å². The highest BCUT2D eigenvalue weighted by Gasteiger charge is 2.64. The second-order valence-corrected chi connectivity index (χ2v) is 11.1. The van der Waals surface area contributed by atoms with Crippen LogP contribution in [0.1, 0.15) is 51.0 Å². The third kappa shape index (κ3) is 6.62. The Morgan fingerprint density at radius 1 is 1.00 bits per heavy atom. The van der Waals surface area contributed by atoms with E-state index < -0.39 is 59.5 Å². The smallest absolute Gasteiger partial charge is 0.360 e. The predicted molar refractivity (Wildman–Crippen MR) is 126 cm³/mol. The van der Waals surface area contributed by atoms with Gasteiger partial charge in [0.2, 0.25) is 5.60 Å². The van der Waals surface area contributed by atoms with Gasteiger partial charge in [-0.1, -0.05) is 65.5 Å². The number of benzene rings is 1. The number of hydrazine groups is 1. The third-order valence-electron chi connectivity index (χ3n) is 7.26. The first kappa shape index (κ1) is 29.0. The Morgan fingerprint density at radius 3 is 2.41 bits per heavy atom. The van der Waals surface area contributed by atoms with E-state index in [0.717, 1.165) is 0 Å². The second-order valence-electron chi connectivity index (χ2n) is 9.95. The van der Waals surface area contributed by atoms with E-state index in [9.17, 15) is 26.3 Å². The molecular formula is C24H32BrF6N3O3. The lowest BCUT2D eigenvalue weighted by Gasteiger charge is -2.44. The molecule has 1 aromatic carbocycles. The number of nitrogens with one attached hydrogen (secondary N) is 3. The quantitative estimate of drug-likeness (QED) is 0.323. The van der Waals surface area contributed by atoms with Crippen LogP contribution in [-0.2, 0) is 20.8 Å². The summed E-state index contributed by atoms with van der Waals surface area (Å²) in [7, 11) is 0. The van der Waals surface area contributed by atoms with E-state index in [1.165, 1.54) is 0 Å². The molecule has 3 saturated heterocycles. The number of fused-ring (bicyclic) bond motifs is 5. The van der Waals surface area contributed by atoms with Crippen molar-refractivity contribution in [1.82, 2.24) is 16.2 Å². The van der Waals surface area contributed by atoms with Crippen molar-refractivity contribution in [2.24, 2.45) is 5.92 Å².